The predicted octanol–water partition coefficient (Wildman–Crippen LogP) is 5.59. The van der Waals surface area contributed by atoms with E-state index in [1.807, 2.05) is 12.1 Å². The van der Waals surface area contributed by atoms with Crippen LogP contribution in [-0.4, -0.2) is 18.0 Å². The minimum absolute atomic E-state index is 0.0412. The molecule has 5 heteroatoms. The van der Waals surface area contributed by atoms with Gasteiger partial charge in [0.25, 0.3) is 0 Å². The van der Waals surface area contributed by atoms with Crippen LogP contribution in [-0.2, 0) is 21.7 Å². The smallest absolute Gasteiger partial charge is 0.206 e. The first-order chi connectivity index (χ1) is 11.1. The van der Waals surface area contributed by atoms with Crippen molar-refractivity contribution in [1.29, 1.82) is 0 Å². The van der Waals surface area contributed by atoms with Crippen LogP contribution in [0.5, 0.6) is 0 Å². The maximum absolute atomic E-state index is 6.33. The van der Waals surface area contributed by atoms with E-state index in [4.69, 9.17) is 32.7 Å². The lowest BCUT2D eigenvalue weighted by Gasteiger charge is -2.27. The molecule has 1 heterocycles. The maximum Gasteiger partial charge on any atom is 0.206 e. The average Bonchev–Trinajstić information content (AvgIpc) is 2.98. The molecule has 0 saturated carbocycles. The summed E-state index contributed by atoms with van der Waals surface area (Å²) in [6.07, 6.45) is 1.91. The molecule has 122 valence electrons. The van der Waals surface area contributed by atoms with Crippen molar-refractivity contribution in [2.24, 2.45) is 0 Å². The van der Waals surface area contributed by atoms with Crippen molar-refractivity contribution in [1.82, 2.24) is 0 Å². The molecule has 2 nitrogen and oxygen atoms in total. The highest BCUT2D eigenvalue weighted by molar-refractivity contribution is 9.09. The lowest BCUT2D eigenvalue weighted by Crippen LogP contribution is -2.30. The molecule has 2 aromatic rings. The summed E-state index contributed by atoms with van der Waals surface area (Å²) >= 11 is 15.8. The Morgan fingerprint density at radius 2 is 1.91 bits per heavy atom. The summed E-state index contributed by atoms with van der Waals surface area (Å²) in [6, 6.07) is 15.8. The van der Waals surface area contributed by atoms with Gasteiger partial charge in [-0.25, -0.2) is 0 Å². The predicted molar refractivity (Wildman–Crippen MR) is 97.5 cm³/mol. The normalized spacial score (nSPS) is 24.0. The average molecular weight is 416 g/mol. The summed E-state index contributed by atoms with van der Waals surface area (Å²) in [7, 11) is 0. The van der Waals surface area contributed by atoms with Crippen molar-refractivity contribution in [2.45, 2.75) is 24.7 Å². The number of hydrogen-bond donors (Lipinski definition) is 0. The molecule has 1 fully saturated rings. The number of benzene rings is 2. The van der Waals surface area contributed by atoms with Crippen LogP contribution < -0.4 is 0 Å². The molecular formula is C18H17BrCl2O2. The number of rotatable bonds is 5. The molecule has 2 unspecified atom stereocenters. The highest BCUT2D eigenvalue weighted by Crippen LogP contribution is 2.41. The van der Waals surface area contributed by atoms with Gasteiger partial charge in [0.2, 0.25) is 5.79 Å². The molecular weight excluding hydrogens is 399 g/mol. The number of alkyl halides is 1. The molecule has 1 saturated heterocycles. The zero-order valence-electron chi connectivity index (χ0n) is 12.5. The van der Waals surface area contributed by atoms with Crippen molar-refractivity contribution in [2.75, 3.05) is 11.9 Å². The first-order valence-corrected chi connectivity index (χ1v) is 9.38. The van der Waals surface area contributed by atoms with Crippen molar-refractivity contribution >= 4 is 39.1 Å². The van der Waals surface area contributed by atoms with Crippen LogP contribution in [0.15, 0.2) is 48.5 Å². The summed E-state index contributed by atoms with van der Waals surface area (Å²) in [5, 5.41) is 1.67. The van der Waals surface area contributed by atoms with Gasteiger partial charge in [0, 0.05) is 10.6 Å². The minimum atomic E-state index is -0.844. The summed E-state index contributed by atoms with van der Waals surface area (Å²) in [5.41, 5.74) is 2.11. The van der Waals surface area contributed by atoms with Gasteiger partial charge in [-0.15, -0.1) is 0 Å². The largest absolute Gasteiger partial charge is 0.342 e. The summed E-state index contributed by atoms with van der Waals surface area (Å²) < 4.78 is 12.2. The van der Waals surface area contributed by atoms with E-state index in [-0.39, 0.29) is 6.10 Å². The van der Waals surface area contributed by atoms with E-state index in [9.17, 15) is 0 Å². The summed E-state index contributed by atoms with van der Waals surface area (Å²) in [6.45, 7) is 0.553. The lowest BCUT2D eigenvalue weighted by atomic mass is 10.1. The van der Waals surface area contributed by atoms with E-state index in [2.05, 4.69) is 40.2 Å². The van der Waals surface area contributed by atoms with Gasteiger partial charge in [0.1, 0.15) is 0 Å². The second-order valence-corrected chi connectivity index (χ2v) is 6.99. The van der Waals surface area contributed by atoms with Gasteiger partial charge in [-0.3, -0.25) is 0 Å². The lowest BCUT2D eigenvalue weighted by molar-refractivity contribution is -0.157. The minimum Gasteiger partial charge on any atom is -0.342 e. The topological polar surface area (TPSA) is 18.5 Å². The van der Waals surface area contributed by atoms with Gasteiger partial charge in [-0.05, 0) is 30.5 Å². The fraction of sp³-hybridized carbons (Fsp3) is 0.333. The van der Waals surface area contributed by atoms with Crippen molar-refractivity contribution < 1.29 is 9.47 Å². The zero-order valence-corrected chi connectivity index (χ0v) is 15.6. The zero-order chi connectivity index (χ0) is 16.3. The fourth-order valence-electron chi connectivity index (χ4n) is 2.76. The van der Waals surface area contributed by atoms with Gasteiger partial charge in [-0.1, -0.05) is 75.5 Å². The van der Waals surface area contributed by atoms with Gasteiger partial charge in [0.15, 0.2) is 0 Å². The molecule has 2 atom stereocenters. The molecule has 0 aliphatic carbocycles. The molecule has 0 N–H and O–H groups in total. The van der Waals surface area contributed by atoms with Crippen LogP contribution in [0.3, 0.4) is 0 Å². The highest BCUT2D eigenvalue weighted by Gasteiger charge is 2.43. The second-order valence-electron chi connectivity index (χ2n) is 5.59. The third-order valence-corrected chi connectivity index (χ3v) is 5.26. The standard InChI is InChI=1S/C18H17BrCl2O2/c19-12-18(16-9-7-14(20)10-17(16)21)22-11-15(23-18)8-6-13-4-2-1-3-5-13/h1-5,7,9-10,15H,6,8,11-12H2. The Bertz CT molecular complexity index is 665. The molecule has 0 radical (unpaired) electrons. The molecule has 0 bridgehead atoms. The number of halogens is 3. The molecule has 0 aromatic heterocycles. The van der Waals surface area contributed by atoms with Crippen molar-refractivity contribution in [3.05, 3.63) is 69.7 Å². The number of aryl methyl sites for hydroxylation is 1. The van der Waals surface area contributed by atoms with E-state index >= 15 is 0 Å². The number of hydrogen-bond acceptors (Lipinski definition) is 2. The van der Waals surface area contributed by atoms with Crippen LogP contribution in [0, 0.1) is 0 Å². The summed E-state index contributed by atoms with van der Waals surface area (Å²) in [4.78, 5) is 0. The van der Waals surface area contributed by atoms with Crippen LogP contribution in [0.25, 0.3) is 0 Å². The Kier molecular flexibility index (Phi) is 5.65. The Morgan fingerprint density at radius 1 is 1.13 bits per heavy atom. The molecule has 1 aliphatic heterocycles. The van der Waals surface area contributed by atoms with E-state index < -0.39 is 5.79 Å². The van der Waals surface area contributed by atoms with Crippen LogP contribution >= 0.6 is 39.1 Å². The fourth-order valence-corrected chi connectivity index (χ4v) is 3.91. The Labute approximate surface area is 154 Å². The molecule has 3 rings (SSSR count). The third-order valence-electron chi connectivity index (χ3n) is 3.97. The van der Waals surface area contributed by atoms with Gasteiger partial charge in [-0.2, -0.15) is 0 Å². The van der Waals surface area contributed by atoms with Crippen LogP contribution in [0.4, 0.5) is 0 Å². The van der Waals surface area contributed by atoms with Gasteiger partial charge >= 0.3 is 0 Å². The van der Waals surface area contributed by atoms with Crippen LogP contribution in [0.2, 0.25) is 10.0 Å². The van der Waals surface area contributed by atoms with Crippen molar-refractivity contribution in [3.8, 4) is 0 Å². The molecule has 0 spiro atoms. The quantitative estimate of drug-likeness (QED) is 0.592. The van der Waals surface area contributed by atoms with E-state index in [0.29, 0.717) is 22.0 Å². The Balaban J connectivity index is 1.70. The molecule has 0 amide bonds. The molecule has 2 aromatic carbocycles. The van der Waals surface area contributed by atoms with Gasteiger partial charge < -0.3 is 9.47 Å². The van der Waals surface area contributed by atoms with E-state index in [1.54, 1.807) is 12.1 Å². The maximum atomic E-state index is 6.33. The molecule has 23 heavy (non-hydrogen) atoms. The Hall–Kier alpha value is -0.580. The van der Waals surface area contributed by atoms with E-state index in [0.717, 1.165) is 18.4 Å². The van der Waals surface area contributed by atoms with E-state index in [1.165, 1.54) is 5.56 Å². The highest BCUT2D eigenvalue weighted by atomic mass is 79.9. The summed E-state index contributed by atoms with van der Waals surface area (Å²) in [5.74, 6) is -0.844. The van der Waals surface area contributed by atoms with Gasteiger partial charge in [0.05, 0.1) is 23.1 Å². The third kappa shape index (κ3) is 3.92. The number of ether oxygens (including phenoxy) is 2. The first-order valence-electron chi connectivity index (χ1n) is 7.50. The molecule has 1 aliphatic rings. The van der Waals surface area contributed by atoms with Crippen molar-refractivity contribution in [3.63, 3.8) is 0 Å². The SMILES string of the molecule is Clc1ccc(C2(CBr)OCC(CCc3ccccc3)O2)c(Cl)c1. The Morgan fingerprint density at radius 3 is 2.61 bits per heavy atom. The first kappa shape index (κ1) is 17.2. The van der Waals surface area contributed by atoms with Crippen LogP contribution in [0.1, 0.15) is 17.5 Å². The second kappa shape index (κ2) is 7.54. The monoisotopic (exact) mass is 414 g/mol.